The average molecular weight is 412 g/mol. The molecule has 2 atom stereocenters. The molecule has 0 N–H and O–H groups in total. The van der Waals surface area contributed by atoms with Crippen LogP contribution in [0.5, 0.6) is 0 Å². The Kier molecular flexibility index (Phi) is 5.72. The van der Waals surface area contributed by atoms with Gasteiger partial charge in [0.25, 0.3) is 0 Å². The number of thiazole rings is 1. The van der Waals surface area contributed by atoms with Crippen LogP contribution in [0.2, 0.25) is 5.02 Å². The largest absolute Gasteiger partial charge is 0.345 e. The number of aromatic nitrogens is 1. The highest BCUT2D eigenvalue weighted by Crippen LogP contribution is 2.32. The van der Waals surface area contributed by atoms with Crippen molar-refractivity contribution in [3.8, 4) is 0 Å². The lowest BCUT2D eigenvalue weighted by Crippen LogP contribution is -2.56. The van der Waals surface area contributed by atoms with Crippen LogP contribution in [0.4, 0.5) is 5.13 Å². The average Bonchev–Trinajstić information content (AvgIpc) is 3.08. The van der Waals surface area contributed by atoms with Gasteiger partial charge in [-0.15, -0.1) is 0 Å². The number of benzene rings is 2. The van der Waals surface area contributed by atoms with Crippen molar-refractivity contribution in [3.05, 3.63) is 64.7 Å². The summed E-state index contributed by atoms with van der Waals surface area (Å²) in [7, 11) is 0. The van der Waals surface area contributed by atoms with Gasteiger partial charge in [0.05, 0.1) is 10.2 Å². The lowest BCUT2D eigenvalue weighted by atomic mass is 10.0. The minimum Gasteiger partial charge on any atom is -0.345 e. The van der Waals surface area contributed by atoms with E-state index >= 15 is 0 Å². The summed E-state index contributed by atoms with van der Waals surface area (Å²) in [5, 5.41) is 1.85. The number of piperazine rings is 1. The number of nitrogens with zero attached hydrogens (tertiary/aromatic N) is 3. The predicted octanol–water partition coefficient (Wildman–Crippen LogP) is 6.08. The molecule has 0 saturated carbocycles. The molecule has 2 heterocycles. The number of halogens is 1. The molecule has 1 unspecified atom stereocenters. The van der Waals surface area contributed by atoms with Crippen LogP contribution >= 0.6 is 22.9 Å². The zero-order valence-corrected chi connectivity index (χ0v) is 18.2. The molecule has 0 radical (unpaired) electrons. The first-order valence-electron chi connectivity index (χ1n) is 9.82. The SMILES string of the molecule is C/C=C/c1cccc(CN2C(C)CN(c3nc4cc(Cl)ccc4s3)C[C@@H]2C)c1. The van der Waals surface area contributed by atoms with Crippen molar-refractivity contribution in [2.75, 3.05) is 18.0 Å². The Balaban J connectivity index is 1.50. The van der Waals surface area contributed by atoms with Gasteiger partial charge in [-0.1, -0.05) is 59.4 Å². The fourth-order valence-corrected chi connectivity index (χ4v) is 5.18. The van der Waals surface area contributed by atoms with Crippen molar-refractivity contribution in [1.29, 1.82) is 0 Å². The molecule has 1 aliphatic rings. The highest BCUT2D eigenvalue weighted by Gasteiger charge is 2.30. The number of hydrogen-bond acceptors (Lipinski definition) is 4. The Morgan fingerprint density at radius 3 is 2.68 bits per heavy atom. The zero-order chi connectivity index (χ0) is 19.7. The molecular formula is C23H26ClN3S. The summed E-state index contributed by atoms with van der Waals surface area (Å²) >= 11 is 7.89. The van der Waals surface area contributed by atoms with Crippen LogP contribution in [0.25, 0.3) is 16.3 Å². The van der Waals surface area contributed by atoms with Crippen molar-refractivity contribution in [3.63, 3.8) is 0 Å². The topological polar surface area (TPSA) is 19.4 Å². The number of anilines is 1. The van der Waals surface area contributed by atoms with Crippen LogP contribution in [0.15, 0.2) is 48.5 Å². The van der Waals surface area contributed by atoms with Crippen molar-refractivity contribution in [1.82, 2.24) is 9.88 Å². The number of fused-ring (bicyclic) bond motifs is 1. The first kappa shape index (κ1) is 19.4. The summed E-state index contributed by atoms with van der Waals surface area (Å²) in [4.78, 5) is 9.88. The summed E-state index contributed by atoms with van der Waals surface area (Å²) in [5.41, 5.74) is 3.64. The van der Waals surface area contributed by atoms with Gasteiger partial charge in [-0.05, 0) is 50.1 Å². The Hall–Kier alpha value is -1.88. The first-order valence-corrected chi connectivity index (χ1v) is 11.0. The Labute approximate surface area is 176 Å². The van der Waals surface area contributed by atoms with E-state index in [1.807, 2.05) is 12.1 Å². The summed E-state index contributed by atoms with van der Waals surface area (Å²) < 4.78 is 1.20. The molecule has 3 aromatic rings. The maximum Gasteiger partial charge on any atom is 0.186 e. The summed E-state index contributed by atoms with van der Waals surface area (Å²) in [6, 6.07) is 15.7. The monoisotopic (exact) mass is 411 g/mol. The predicted molar refractivity (Wildman–Crippen MR) is 122 cm³/mol. The molecule has 5 heteroatoms. The minimum absolute atomic E-state index is 0.463. The standard InChI is InChI=1S/C23H26ClN3S/c1-4-6-18-7-5-8-19(11-18)15-27-16(2)13-26(14-17(27)3)23-25-21-12-20(24)9-10-22(21)28-23/h4-12,16-17H,13-15H2,1-3H3/b6-4+/t16-,17?/m0/s1. The maximum absolute atomic E-state index is 6.13. The molecule has 0 bridgehead atoms. The lowest BCUT2D eigenvalue weighted by molar-refractivity contribution is 0.123. The Morgan fingerprint density at radius 1 is 1.14 bits per heavy atom. The van der Waals surface area contributed by atoms with Gasteiger partial charge in [0.15, 0.2) is 5.13 Å². The van der Waals surface area contributed by atoms with Crippen LogP contribution in [-0.2, 0) is 6.54 Å². The summed E-state index contributed by atoms with van der Waals surface area (Å²) in [6.07, 6.45) is 4.25. The molecular weight excluding hydrogens is 386 g/mol. The molecule has 28 heavy (non-hydrogen) atoms. The van der Waals surface area contributed by atoms with E-state index in [0.717, 1.165) is 35.3 Å². The van der Waals surface area contributed by atoms with Gasteiger partial charge >= 0.3 is 0 Å². The third-order valence-corrected chi connectivity index (χ3v) is 6.72. The quantitative estimate of drug-likeness (QED) is 0.518. The molecule has 2 aromatic carbocycles. The maximum atomic E-state index is 6.13. The molecule has 1 aromatic heterocycles. The molecule has 146 valence electrons. The van der Waals surface area contributed by atoms with E-state index in [1.54, 1.807) is 11.3 Å². The van der Waals surface area contributed by atoms with Gasteiger partial charge in [-0.3, -0.25) is 4.90 Å². The second-order valence-electron chi connectivity index (χ2n) is 7.63. The van der Waals surface area contributed by atoms with Gasteiger partial charge in [-0.25, -0.2) is 4.98 Å². The summed E-state index contributed by atoms with van der Waals surface area (Å²) in [6.45, 7) is 9.67. The molecule has 0 aliphatic carbocycles. The normalized spacial score (nSPS) is 21.1. The van der Waals surface area contributed by atoms with Crippen molar-refractivity contribution >= 4 is 44.4 Å². The van der Waals surface area contributed by atoms with E-state index in [9.17, 15) is 0 Å². The number of allylic oxidation sites excluding steroid dienone is 1. The molecule has 4 rings (SSSR count). The molecule has 0 spiro atoms. The van der Waals surface area contributed by atoms with E-state index in [2.05, 4.69) is 73.1 Å². The van der Waals surface area contributed by atoms with E-state index < -0.39 is 0 Å². The van der Waals surface area contributed by atoms with Gasteiger partial charge in [0.1, 0.15) is 0 Å². The van der Waals surface area contributed by atoms with Crippen molar-refractivity contribution in [2.45, 2.75) is 39.4 Å². The van der Waals surface area contributed by atoms with Crippen molar-refractivity contribution < 1.29 is 0 Å². The van der Waals surface area contributed by atoms with Gasteiger partial charge in [0.2, 0.25) is 0 Å². The Bertz CT molecular complexity index is 984. The smallest absolute Gasteiger partial charge is 0.186 e. The van der Waals surface area contributed by atoms with Gasteiger partial charge < -0.3 is 4.90 Å². The van der Waals surface area contributed by atoms with Crippen LogP contribution < -0.4 is 4.90 Å². The Morgan fingerprint density at radius 2 is 1.93 bits per heavy atom. The van der Waals surface area contributed by atoms with Crippen LogP contribution in [0.1, 0.15) is 31.9 Å². The third kappa shape index (κ3) is 4.09. The van der Waals surface area contributed by atoms with E-state index in [0.29, 0.717) is 12.1 Å². The van der Waals surface area contributed by atoms with E-state index in [-0.39, 0.29) is 0 Å². The highest BCUT2D eigenvalue weighted by molar-refractivity contribution is 7.22. The number of rotatable bonds is 4. The molecule has 1 aliphatic heterocycles. The van der Waals surface area contributed by atoms with Crippen LogP contribution in [0, 0.1) is 0 Å². The third-order valence-electron chi connectivity index (χ3n) is 5.39. The van der Waals surface area contributed by atoms with Crippen LogP contribution in [0.3, 0.4) is 0 Å². The molecule has 0 amide bonds. The van der Waals surface area contributed by atoms with Gasteiger partial charge in [-0.2, -0.15) is 0 Å². The zero-order valence-electron chi connectivity index (χ0n) is 16.6. The second kappa shape index (κ2) is 8.24. The van der Waals surface area contributed by atoms with E-state index in [1.165, 1.54) is 15.8 Å². The van der Waals surface area contributed by atoms with Gasteiger partial charge in [0, 0.05) is 36.7 Å². The molecule has 1 saturated heterocycles. The second-order valence-corrected chi connectivity index (χ2v) is 9.07. The fraction of sp³-hybridized carbons (Fsp3) is 0.348. The summed E-state index contributed by atoms with van der Waals surface area (Å²) in [5.74, 6) is 0. The fourth-order valence-electron chi connectivity index (χ4n) is 4.05. The molecule has 1 fully saturated rings. The lowest BCUT2D eigenvalue weighted by Gasteiger charge is -2.44. The van der Waals surface area contributed by atoms with Crippen LogP contribution in [-0.4, -0.2) is 35.1 Å². The molecule has 3 nitrogen and oxygen atoms in total. The van der Waals surface area contributed by atoms with E-state index in [4.69, 9.17) is 16.6 Å². The van der Waals surface area contributed by atoms with Crippen molar-refractivity contribution in [2.24, 2.45) is 0 Å². The highest BCUT2D eigenvalue weighted by atomic mass is 35.5. The first-order chi connectivity index (χ1) is 13.5. The minimum atomic E-state index is 0.463. The number of hydrogen-bond donors (Lipinski definition) is 0.